The maximum Gasteiger partial charge on any atom is 0.315 e. The van der Waals surface area contributed by atoms with Crippen LogP contribution in [0.4, 0.5) is 4.79 Å². The van der Waals surface area contributed by atoms with E-state index in [0.29, 0.717) is 44.8 Å². The molecule has 2 saturated carbocycles. The summed E-state index contributed by atoms with van der Waals surface area (Å²) in [7, 11) is 0. The molecule has 2 aliphatic carbocycles. The molecule has 4 aliphatic rings. The molecule has 10 nitrogen and oxygen atoms in total. The normalized spacial score (nSPS) is 24.8. The predicted molar refractivity (Wildman–Crippen MR) is 189 cm³/mol. The number of Topliss-reactive ketones (excluding diaryl/α,β-unsaturated/α-hetero) is 3. The lowest BCUT2D eigenvalue weighted by Gasteiger charge is -2.39. The van der Waals surface area contributed by atoms with Crippen molar-refractivity contribution in [2.24, 2.45) is 34.5 Å². The number of ketones is 3. The summed E-state index contributed by atoms with van der Waals surface area (Å²) in [5.41, 5.74) is -1.01. The third kappa shape index (κ3) is 9.81. The molecule has 10 heteroatoms. The first-order valence-corrected chi connectivity index (χ1v) is 18.9. The summed E-state index contributed by atoms with van der Waals surface area (Å²) in [4.78, 5) is 84.8. The fourth-order valence-electron chi connectivity index (χ4n) is 8.26. The molecular formula is C39H62N4O6. The topological polar surface area (TPSA) is 133 Å². The fourth-order valence-corrected chi connectivity index (χ4v) is 8.26. The first-order chi connectivity index (χ1) is 23.0. The van der Waals surface area contributed by atoms with E-state index >= 15 is 0 Å². The number of urea groups is 1. The summed E-state index contributed by atoms with van der Waals surface area (Å²) in [6.45, 7) is 16.9. The molecule has 1 unspecified atom stereocenters. The summed E-state index contributed by atoms with van der Waals surface area (Å²) in [6.07, 6.45) is 10.8. The number of hydrogen-bond acceptors (Lipinski definition) is 6. The van der Waals surface area contributed by atoms with Crippen LogP contribution in [0.3, 0.4) is 0 Å². The van der Waals surface area contributed by atoms with Crippen LogP contribution in [0.5, 0.6) is 0 Å². The van der Waals surface area contributed by atoms with E-state index in [-0.39, 0.29) is 53.7 Å². The quantitative estimate of drug-likeness (QED) is 0.170. The highest BCUT2D eigenvalue weighted by atomic mass is 16.2. The lowest BCUT2D eigenvalue weighted by Crippen LogP contribution is -2.61. The first kappa shape index (κ1) is 38.8. The van der Waals surface area contributed by atoms with Crippen molar-refractivity contribution in [3.05, 3.63) is 12.7 Å². The third-order valence-corrected chi connectivity index (χ3v) is 11.6. The van der Waals surface area contributed by atoms with Crippen molar-refractivity contribution >= 4 is 35.2 Å². The van der Waals surface area contributed by atoms with Gasteiger partial charge in [-0.3, -0.25) is 24.0 Å². The maximum absolute atomic E-state index is 14.5. The van der Waals surface area contributed by atoms with Gasteiger partial charge in [-0.1, -0.05) is 73.3 Å². The van der Waals surface area contributed by atoms with Crippen molar-refractivity contribution in [3.63, 3.8) is 0 Å². The molecule has 274 valence electrons. The van der Waals surface area contributed by atoms with Gasteiger partial charge in [0, 0.05) is 44.8 Å². The Kier molecular flexibility index (Phi) is 12.9. The van der Waals surface area contributed by atoms with Crippen LogP contribution >= 0.6 is 0 Å². The fraction of sp³-hybridized carbons (Fsp3) is 0.795. The largest absolute Gasteiger partial charge is 0.341 e. The Morgan fingerprint density at radius 1 is 0.918 bits per heavy atom. The Labute approximate surface area is 293 Å². The van der Waals surface area contributed by atoms with Crippen molar-refractivity contribution < 1.29 is 28.8 Å². The van der Waals surface area contributed by atoms with Gasteiger partial charge in [-0.15, -0.1) is 6.58 Å². The molecular weight excluding hydrogens is 620 g/mol. The lowest BCUT2D eigenvalue weighted by atomic mass is 9.75. The average Bonchev–Trinajstić information content (AvgIpc) is 3.60. The van der Waals surface area contributed by atoms with Gasteiger partial charge in [0.15, 0.2) is 11.6 Å². The second-order valence-electron chi connectivity index (χ2n) is 17.4. The number of amides is 4. The molecule has 2 heterocycles. The highest BCUT2D eigenvalue weighted by Gasteiger charge is 2.52. The van der Waals surface area contributed by atoms with Crippen molar-refractivity contribution in [2.45, 2.75) is 143 Å². The number of carbonyl (C=O) groups is 6. The van der Waals surface area contributed by atoms with E-state index in [1.54, 1.807) is 11.0 Å². The van der Waals surface area contributed by atoms with Crippen LogP contribution in [-0.2, 0) is 24.0 Å². The Morgan fingerprint density at radius 3 is 2.20 bits per heavy atom. The Morgan fingerprint density at radius 2 is 1.61 bits per heavy atom. The number of likely N-dealkylation sites (tertiary alicyclic amines) is 2. The third-order valence-electron chi connectivity index (χ3n) is 11.6. The molecule has 49 heavy (non-hydrogen) atoms. The number of hydrogen-bond donors (Lipinski definition) is 2. The number of nitrogens with one attached hydrogen (secondary N) is 2. The molecule has 2 N–H and O–H groups in total. The van der Waals surface area contributed by atoms with E-state index < -0.39 is 41.0 Å². The van der Waals surface area contributed by atoms with Crippen molar-refractivity contribution in [2.75, 3.05) is 19.6 Å². The molecule has 2 saturated heterocycles. The highest BCUT2D eigenvalue weighted by molar-refractivity contribution is 6.38. The smallest absolute Gasteiger partial charge is 0.315 e. The van der Waals surface area contributed by atoms with Crippen LogP contribution in [0.1, 0.15) is 125 Å². The van der Waals surface area contributed by atoms with Crippen LogP contribution in [0.2, 0.25) is 0 Å². The van der Waals surface area contributed by atoms with E-state index in [1.165, 1.54) is 0 Å². The van der Waals surface area contributed by atoms with Crippen LogP contribution in [0, 0.1) is 34.5 Å². The monoisotopic (exact) mass is 682 g/mol. The van der Waals surface area contributed by atoms with Gasteiger partial charge in [-0.05, 0) is 67.1 Å². The zero-order valence-electron chi connectivity index (χ0n) is 31.0. The number of allylic oxidation sites excluding steroid dienone is 1. The van der Waals surface area contributed by atoms with Crippen molar-refractivity contribution in [3.8, 4) is 0 Å². The zero-order valence-corrected chi connectivity index (χ0v) is 31.0. The molecule has 0 aromatic heterocycles. The van der Waals surface area contributed by atoms with Gasteiger partial charge in [-0.2, -0.15) is 0 Å². The molecule has 0 aromatic rings. The zero-order chi connectivity index (χ0) is 36.1. The highest BCUT2D eigenvalue weighted by Crippen LogP contribution is 2.44. The predicted octanol–water partition coefficient (Wildman–Crippen LogP) is 5.62. The number of piperidine rings is 1. The van der Waals surface area contributed by atoms with Crippen LogP contribution < -0.4 is 10.6 Å². The summed E-state index contributed by atoms with van der Waals surface area (Å²) < 4.78 is 0. The van der Waals surface area contributed by atoms with E-state index in [2.05, 4.69) is 17.2 Å². The molecule has 2 aliphatic heterocycles. The number of fused-ring (bicyclic) bond motifs is 1. The molecule has 0 aromatic carbocycles. The van der Waals surface area contributed by atoms with E-state index in [9.17, 15) is 28.8 Å². The molecule has 4 rings (SSSR count). The van der Waals surface area contributed by atoms with Crippen LogP contribution in [-0.4, -0.2) is 82.8 Å². The molecule has 0 radical (unpaired) electrons. The molecule has 0 spiro atoms. The Hall–Kier alpha value is -3.04. The van der Waals surface area contributed by atoms with Crippen molar-refractivity contribution in [1.82, 2.24) is 20.4 Å². The summed E-state index contributed by atoms with van der Waals surface area (Å²) >= 11 is 0. The van der Waals surface area contributed by atoms with Gasteiger partial charge in [0.25, 0.3) is 0 Å². The standard InChI is InChI=1S/C39H62N4O6/c1-8-9-18-29(44)34(47)27(21-25-14-12-15-25)22-30(45)33-28-17-13-16-26(28)23-43(33)36(48)35(39(5,6)7)41-37(49)40-31(38(2,3)4)24-42-20-11-10-19-32(42)46/h8,25-28,31,33,35H,1,9-24H2,2-7H3,(H2,40,41,49)/t26-,27?,28-,31+,33-,35+/m0/s1. The van der Waals surface area contributed by atoms with Crippen molar-refractivity contribution in [1.29, 1.82) is 0 Å². The summed E-state index contributed by atoms with van der Waals surface area (Å²) in [5.74, 6) is -1.39. The molecule has 0 bridgehead atoms. The van der Waals surface area contributed by atoms with Gasteiger partial charge in [0.1, 0.15) is 6.04 Å². The van der Waals surface area contributed by atoms with Gasteiger partial charge < -0.3 is 20.4 Å². The Balaban J connectivity index is 1.52. The second kappa shape index (κ2) is 16.3. The van der Waals surface area contributed by atoms with Crippen LogP contribution in [0.25, 0.3) is 0 Å². The van der Waals surface area contributed by atoms with Gasteiger partial charge in [0.05, 0.1) is 12.1 Å². The summed E-state index contributed by atoms with van der Waals surface area (Å²) in [5, 5.41) is 6.06. The molecule has 6 atom stereocenters. The second-order valence-corrected chi connectivity index (χ2v) is 17.4. The molecule has 4 fully saturated rings. The summed E-state index contributed by atoms with van der Waals surface area (Å²) in [6, 6.07) is -2.41. The Bertz CT molecular complexity index is 1260. The van der Waals surface area contributed by atoms with Crippen LogP contribution in [0.15, 0.2) is 12.7 Å². The van der Waals surface area contributed by atoms with Gasteiger partial charge >= 0.3 is 6.03 Å². The number of nitrogens with zero attached hydrogens (tertiary/aromatic N) is 2. The minimum absolute atomic E-state index is 0.00849. The first-order valence-electron chi connectivity index (χ1n) is 18.9. The van der Waals surface area contributed by atoms with E-state index in [0.717, 1.165) is 51.4 Å². The van der Waals surface area contributed by atoms with E-state index in [1.807, 2.05) is 46.4 Å². The van der Waals surface area contributed by atoms with Gasteiger partial charge in [-0.25, -0.2) is 4.79 Å². The van der Waals surface area contributed by atoms with E-state index in [4.69, 9.17) is 0 Å². The van der Waals surface area contributed by atoms with Gasteiger partial charge in [0.2, 0.25) is 17.6 Å². The maximum atomic E-state index is 14.5. The number of carbonyl (C=O) groups excluding carboxylic acids is 6. The number of rotatable bonds is 15. The average molecular weight is 683 g/mol. The SMILES string of the molecule is C=CCCC(=O)C(=O)C(CC(=O)[C@@H]1[C@H]2CCC[C@H]2CN1C(=O)[C@@H](NC(=O)N[C@H](CN1CCCCC1=O)C(C)(C)C)C(C)(C)C)CC1CCC1. The lowest BCUT2D eigenvalue weighted by molar-refractivity contribution is -0.144. The molecule has 4 amide bonds. The minimum Gasteiger partial charge on any atom is -0.341 e. The minimum atomic E-state index is -0.910.